The van der Waals surface area contributed by atoms with E-state index in [1.165, 1.54) is 0 Å². The number of carbonyl (C=O) groups excluding carboxylic acids is 1. The first-order chi connectivity index (χ1) is 9.70. The van der Waals surface area contributed by atoms with Crippen LogP contribution in [0.1, 0.15) is 12.0 Å². The number of rotatable bonds is 5. The van der Waals surface area contributed by atoms with E-state index in [0.717, 1.165) is 36.5 Å². The van der Waals surface area contributed by atoms with Crippen molar-refractivity contribution in [3.8, 4) is 5.75 Å². The van der Waals surface area contributed by atoms with Crippen molar-refractivity contribution in [3.63, 3.8) is 0 Å². The molecule has 0 fully saturated rings. The number of benzene rings is 1. The molecule has 2 rings (SSSR count). The van der Waals surface area contributed by atoms with Crippen LogP contribution in [0.25, 0.3) is 0 Å². The van der Waals surface area contributed by atoms with Crippen LogP contribution in [0.3, 0.4) is 0 Å². The summed E-state index contributed by atoms with van der Waals surface area (Å²) in [6, 6.07) is 8.04. The summed E-state index contributed by atoms with van der Waals surface area (Å²) in [5.41, 5.74) is 1.16. The Kier molecular flexibility index (Phi) is 5.59. The van der Waals surface area contributed by atoms with Crippen LogP contribution in [0.5, 0.6) is 5.75 Å². The highest BCUT2D eigenvalue weighted by Gasteiger charge is 2.22. The van der Waals surface area contributed by atoms with Gasteiger partial charge in [-0.05, 0) is 36.5 Å². The van der Waals surface area contributed by atoms with Gasteiger partial charge in [-0.15, -0.1) is 0 Å². The van der Waals surface area contributed by atoms with Gasteiger partial charge in [0.2, 0.25) is 0 Å². The number of carbonyl (C=O) groups is 1. The maximum Gasteiger partial charge on any atom is 0.317 e. The largest absolute Gasteiger partial charge is 0.491 e. The Morgan fingerprint density at radius 1 is 1.50 bits per heavy atom. The molecule has 1 aliphatic heterocycles. The second kappa shape index (κ2) is 7.43. The number of urea groups is 1. The van der Waals surface area contributed by atoms with Gasteiger partial charge in [0.25, 0.3) is 0 Å². The molecular weight excluding hydrogens is 272 g/mol. The third-order valence-electron chi connectivity index (χ3n) is 3.40. The summed E-state index contributed by atoms with van der Waals surface area (Å²) in [5, 5.41) is 3.04. The van der Waals surface area contributed by atoms with Crippen LogP contribution in [0, 0.1) is 0 Å². The van der Waals surface area contributed by atoms with Gasteiger partial charge in [0.1, 0.15) is 12.4 Å². The van der Waals surface area contributed by atoms with E-state index in [0.29, 0.717) is 6.61 Å². The van der Waals surface area contributed by atoms with Gasteiger partial charge in [-0.1, -0.05) is 18.2 Å². The smallest absolute Gasteiger partial charge is 0.317 e. The number of para-hydroxylation sites is 1. The quantitative estimate of drug-likeness (QED) is 0.848. The van der Waals surface area contributed by atoms with Crippen LogP contribution in [0.2, 0.25) is 0 Å². The average Bonchev–Trinajstić information content (AvgIpc) is 2.47. The van der Waals surface area contributed by atoms with Crippen LogP contribution in [-0.4, -0.2) is 49.2 Å². The molecular formula is C15H22N2O2S. The fraction of sp³-hybridized carbons (Fsp3) is 0.533. The van der Waals surface area contributed by atoms with E-state index in [1.54, 1.807) is 16.7 Å². The van der Waals surface area contributed by atoms with Crippen molar-refractivity contribution in [3.05, 3.63) is 29.8 Å². The van der Waals surface area contributed by atoms with Crippen molar-refractivity contribution >= 4 is 17.8 Å². The van der Waals surface area contributed by atoms with E-state index >= 15 is 0 Å². The lowest BCUT2D eigenvalue weighted by Crippen LogP contribution is -2.48. The summed E-state index contributed by atoms with van der Waals surface area (Å²) in [5.74, 6) is 2.02. The van der Waals surface area contributed by atoms with Crippen molar-refractivity contribution in [2.24, 2.45) is 0 Å². The molecule has 0 aliphatic carbocycles. The molecule has 2 amide bonds. The number of amides is 2. The summed E-state index contributed by atoms with van der Waals surface area (Å²) >= 11 is 1.80. The zero-order valence-electron chi connectivity index (χ0n) is 12.1. The lowest BCUT2D eigenvalue weighted by atomic mass is 10.0. The highest BCUT2D eigenvalue weighted by molar-refractivity contribution is 7.98. The van der Waals surface area contributed by atoms with E-state index in [2.05, 4.69) is 17.6 Å². The van der Waals surface area contributed by atoms with Gasteiger partial charge in [0.15, 0.2) is 0 Å². The minimum absolute atomic E-state index is 0.0147. The molecule has 4 nitrogen and oxygen atoms in total. The normalized spacial score (nSPS) is 17.0. The summed E-state index contributed by atoms with van der Waals surface area (Å²) in [6.07, 6.45) is 3.94. The van der Waals surface area contributed by atoms with Gasteiger partial charge in [0, 0.05) is 13.6 Å². The highest BCUT2D eigenvalue weighted by Crippen LogP contribution is 2.23. The number of ether oxygens (including phenoxy) is 1. The van der Waals surface area contributed by atoms with Crippen molar-refractivity contribution < 1.29 is 9.53 Å². The molecule has 1 unspecified atom stereocenters. The average molecular weight is 294 g/mol. The van der Waals surface area contributed by atoms with Gasteiger partial charge < -0.3 is 15.0 Å². The molecule has 1 atom stereocenters. The maximum atomic E-state index is 12.1. The number of nitrogens with zero attached hydrogens (tertiary/aromatic N) is 1. The summed E-state index contributed by atoms with van der Waals surface area (Å²) in [4.78, 5) is 13.8. The zero-order chi connectivity index (χ0) is 14.4. The van der Waals surface area contributed by atoms with Crippen LogP contribution in [0.4, 0.5) is 4.79 Å². The third-order valence-corrected chi connectivity index (χ3v) is 4.09. The first kappa shape index (κ1) is 15.0. The molecule has 0 spiro atoms. The summed E-state index contributed by atoms with van der Waals surface area (Å²) < 4.78 is 5.68. The molecule has 110 valence electrons. The predicted molar refractivity (Wildman–Crippen MR) is 83.6 cm³/mol. The monoisotopic (exact) mass is 294 g/mol. The molecule has 0 saturated carbocycles. The van der Waals surface area contributed by atoms with Crippen molar-refractivity contribution in [2.45, 2.75) is 18.9 Å². The van der Waals surface area contributed by atoms with Crippen LogP contribution in [0.15, 0.2) is 24.3 Å². The molecule has 0 saturated heterocycles. The second-order valence-corrected chi connectivity index (χ2v) is 6.02. The molecule has 1 N–H and O–H groups in total. The zero-order valence-corrected chi connectivity index (χ0v) is 12.9. The Balaban J connectivity index is 1.81. The molecule has 1 aliphatic rings. The van der Waals surface area contributed by atoms with Crippen molar-refractivity contribution in [1.82, 2.24) is 10.2 Å². The number of thioether (sulfide) groups is 1. The molecule has 1 aromatic rings. The number of fused-ring (bicyclic) bond motifs is 1. The Morgan fingerprint density at radius 3 is 3.10 bits per heavy atom. The van der Waals surface area contributed by atoms with E-state index < -0.39 is 0 Å². The fourth-order valence-corrected chi connectivity index (χ4v) is 2.67. The minimum Gasteiger partial charge on any atom is -0.491 e. The first-order valence-electron chi connectivity index (χ1n) is 6.92. The van der Waals surface area contributed by atoms with Gasteiger partial charge in [0.05, 0.1) is 6.04 Å². The highest BCUT2D eigenvalue weighted by atomic mass is 32.2. The molecule has 20 heavy (non-hydrogen) atoms. The maximum absolute atomic E-state index is 12.1. The summed E-state index contributed by atoms with van der Waals surface area (Å²) in [6.45, 7) is 1.33. The number of hydrogen-bond donors (Lipinski definition) is 1. The lowest BCUT2D eigenvalue weighted by molar-refractivity contribution is 0.189. The Hall–Kier alpha value is -1.36. The van der Waals surface area contributed by atoms with Crippen molar-refractivity contribution in [1.29, 1.82) is 0 Å². The Morgan fingerprint density at radius 2 is 2.30 bits per heavy atom. The topological polar surface area (TPSA) is 41.6 Å². The van der Waals surface area contributed by atoms with Gasteiger partial charge >= 0.3 is 6.03 Å². The standard InChI is InChI=1S/C15H22N2O2S/c1-17(8-5-9-20-2)15(18)16-13-10-12-6-3-4-7-14(12)19-11-13/h3-4,6-7,13H,5,8-11H2,1-2H3,(H,16,18). The third kappa shape index (κ3) is 4.07. The molecule has 1 heterocycles. The van der Waals surface area contributed by atoms with Crippen LogP contribution < -0.4 is 10.1 Å². The minimum atomic E-state index is -0.0147. The Bertz CT molecular complexity index is 453. The SMILES string of the molecule is CSCCCN(C)C(=O)NC1COc2ccccc2C1. The molecule has 0 bridgehead atoms. The van der Waals surface area contributed by atoms with Gasteiger partial charge in [-0.2, -0.15) is 11.8 Å². The van der Waals surface area contributed by atoms with E-state index in [1.807, 2.05) is 25.2 Å². The van der Waals surface area contributed by atoms with E-state index in [-0.39, 0.29) is 12.1 Å². The lowest BCUT2D eigenvalue weighted by Gasteiger charge is -2.28. The molecule has 5 heteroatoms. The molecule has 0 radical (unpaired) electrons. The first-order valence-corrected chi connectivity index (χ1v) is 8.31. The second-order valence-electron chi connectivity index (χ2n) is 5.04. The Labute approximate surface area is 124 Å². The number of nitrogens with one attached hydrogen (secondary N) is 1. The van der Waals surface area contributed by atoms with Gasteiger partial charge in [-0.3, -0.25) is 0 Å². The van der Waals surface area contributed by atoms with E-state index in [9.17, 15) is 4.79 Å². The molecule has 0 aromatic heterocycles. The van der Waals surface area contributed by atoms with Crippen LogP contribution >= 0.6 is 11.8 Å². The number of hydrogen-bond acceptors (Lipinski definition) is 3. The van der Waals surface area contributed by atoms with Gasteiger partial charge in [-0.25, -0.2) is 4.79 Å². The van der Waals surface area contributed by atoms with Crippen molar-refractivity contribution in [2.75, 3.05) is 32.2 Å². The molecule has 1 aromatic carbocycles. The van der Waals surface area contributed by atoms with Crippen LogP contribution in [-0.2, 0) is 6.42 Å². The fourth-order valence-electron chi connectivity index (χ4n) is 2.25. The van der Waals surface area contributed by atoms with E-state index in [4.69, 9.17) is 4.74 Å². The predicted octanol–water partition coefficient (Wildman–Crippen LogP) is 2.38. The summed E-state index contributed by atoms with van der Waals surface area (Å²) in [7, 11) is 1.84.